The molecule has 7 heteroatoms. The Kier molecular flexibility index (Phi) is 7.36. The van der Waals surface area contributed by atoms with Crippen molar-refractivity contribution in [3.63, 3.8) is 0 Å². The van der Waals surface area contributed by atoms with Crippen LogP contribution in [-0.4, -0.2) is 18.1 Å². The normalized spacial score (nSPS) is 11.4. The van der Waals surface area contributed by atoms with Gasteiger partial charge in [0.2, 0.25) is 0 Å². The maximum atomic E-state index is 11.0. The molecule has 0 bridgehead atoms. The Balaban J connectivity index is 2.82. The maximum Gasteiger partial charge on any atom is 0.311 e. The minimum Gasteiger partial charge on any atom is -0.481 e. The van der Waals surface area contributed by atoms with Crippen molar-refractivity contribution >= 4 is 28.9 Å². The van der Waals surface area contributed by atoms with Crippen LogP contribution in [0.4, 0.5) is 5.69 Å². The van der Waals surface area contributed by atoms with Crippen molar-refractivity contribution in [3.8, 4) is 5.75 Å². The molecule has 0 fully saturated rings. The Bertz CT molecular complexity index is 493. The van der Waals surface area contributed by atoms with E-state index in [2.05, 4.69) is 12.2 Å². The van der Waals surface area contributed by atoms with Gasteiger partial charge >= 0.3 is 5.69 Å². The molecular formula is C13H16Cl2N2O3. The standard InChI is InChI=1S/C13H16Cl2N2O3/c1-2-5-16-8-10-3-4-13(12(6-10)17(18)19)20-9-11(15)7-14/h3-4,6-7,16H,2,5,8-9H2,1H3. The van der Waals surface area contributed by atoms with Gasteiger partial charge in [0.05, 0.1) is 9.96 Å². The first-order chi connectivity index (χ1) is 9.58. The van der Waals surface area contributed by atoms with Gasteiger partial charge in [-0.2, -0.15) is 0 Å². The summed E-state index contributed by atoms with van der Waals surface area (Å²) in [7, 11) is 0. The van der Waals surface area contributed by atoms with E-state index in [9.17, 15) is 10.1 Å². The molecule has 5 nitrogen and oxygen atoms in total. The summed E-state index contributed by atoms with van der Waals surface area (Å²) in [5, 5.41) is 14.5. The number of benzene rings is 1. The van der Waals surface area contributed by atoms with Gasteiger partial charge in [-0.05, 0) is 24.6 Å². The average molecular weight is 319 g/mol. The molecule has 0 amide bonds. The highest BCUT2D eigenvalue weighted by atomic mass is 35.5. The smallest absolute Gasteiger partial charge is 0.311 e. The minimum absolute atomic E-state index is 0.000668. The second-order valence-electron chi connectivity index (χ2n) is 4.08. The average Bonchev–Trinajstić information content (AvgIpc) is 2.45. The summed E-state index contributed by atoms with van der Waals surface area (Å²) in [6, 6.07) is 4.85. The SMILES string of the molecule is CCCNCc1ccc(OCC(Cl)=CCl)c([N+](=O)[O-])c1. The summed E-state index contributed by atoms with van der Waals surface area (Å²) in [5.41, 5.74) is 1.91. The fraction of sp³-hybridized carbons (Fsp3) is 0.385. The van der Waals surface area contributed by atoms with Gasteiger partial charge in [-0.3, -0.25) is 10.1 Å². The molecule has 1 rings (SSSR count). The van der Waals surface area contributed by atoms with Crippen LogP contribution in [0.5, 0.6) is 5.75 Å². The van der Waals surface area contributed by atoms with Crippen LogP contribution in [0.1, 0.15) is 18.9 Å². The van der Waals surface area contributed by atoms with Gasteiger partial charge in [-0.15, -0.1) is 0 Å². The zero-order valence-electron chi connectivity index (χ0n) is 11.1. The molecular weight excluding hydrogens is 303 g/mol. The van der Waals surface area contributed by atoms with Crippen LogP contribution in [0.2, 0.25) is 0 Å². The van der Waals surface area contributed by atoms with Crippen LogP contribution in [0.3, 0.4) is 0 Å². The number of halogens is 2. The van der Waals surface area contributed by atoms with E-state index in [-0.39, 0.29) is 23.1 Å². The lowest BCUT2D eigenvalue weighted by molar-refractivity contribution is -0.385. The fourth-order valence-electron chi connectivity index (χ4n) is 1.53. The van der Waals surface area contributed by atoms with E-state index in [0.29, 0.717) is 6.54 Å². The predicted octanol–water partition coefficient (Wildman–Crippen LogP) is 3.79. The zero-order valence-corrected chi connectivity index (χ0v) is 12.6. The number of nitro groups is 1. The van der Waals surface area contributed by atoms with Gasteiger partial charge in [-0.25, -0.2) is 0 Å². The fourth-order valence-corrected chi connectivity index (χ4v) is 1.64. The molecule has 0 aliphatic carbocycles. The van der Waals surface area contributed by atoms with Crippen molar-refractivity contribution in [1.82, 2.24) is 5.32 Å². The van der Waals surface area contributed by atoms with E-state index in [1.54, 1.807) is 12.1 Å². The molecule has 0 spiro atoms. The first-order valence-corrected chi connectivity index (χ1v) is 6.95. The number of rotatable bonds is 8. The second kappa shape index (κ2) is 8.79. The molecule has 20 heavy (non-hydrogen) atoms. The minimum atomic E-state index is -0.475. The summed E-state index contributed by atoms with van der Waals surface area (Å²) in [6.07, 6.45) is 1.01. The van der Waals surface area contributed by atoms with Crippen LogP contribution in [0.15, 0.2) is 28.8 Å². The van der Waals surface area contributed by atoms with Crippen molar-refractivity contribution in [2.24, 2.45) is 0 Å². The van der Waals surface area contributed by atoms with Crippen LogP contribution < -0.4 is 10.1 Å². The van der Waals surface area contributed by atoms with Crippen molar-refractivity contribution in [2.75, 3.05) is 13.2 Å². The lowest BCUT2D eigenvalue weighted by Gasteiger charge is -2.08. The van der Waals surface area contributed by atoms with E-state index in [1.165, 1.54) is 6.07 Å². The summed E-state index contributed by atoms with van der Waals surface area (Å²) in [6.45, 7) is 3.50. The molecule has 1 aromatic carbocycles. The van der Waals surface area contributed by atoms with Gasteiger partial charge in [0, 0.05) is 18.1 Å². The Morgan fingerprint density at radius 2 is 2.30 bits per heavy atom. The van der Waals surface area contributed by atoms with Gasteiger partial charge < -0.3 is 10.1 Å². The van der Waals surface area contributed by atoms with Gasteiger partial charge in [0.15, 0.2) is 5.75 Å². The van der Waals surface area contributed by atoms with E-state index in [1.807, 2.05) is 0 Å². The molecule has 1 aromatic rings. The Labute approximate surface area is 127 Å². The molecule has 110 valence electrons. The molecule has 0 heterocycles. The highest BCUT2D eigenvalue weighted by molar-refractivity contribution is 6.36. The van der Waals surface area contributed by atoms with Gasteiger partial charge in [0.1, 0.15) is 6.61 Å². The van der Waals surface area contributed by atoms with Crippen molar-refractivity contribution in [2.45, 2.75) is 19.9 Å². The number of nitrogens with zero attached hydrogens (tertiary/aromatic N) is 1. The molecule has 0 unspecified atom stereocenters. The Morgan fingerprint density at radius 3 is 2.90 bits per heavy atom. The van der Waals surface area contributed by atoms with E-state index < -0.39 is 4.92 Å². The topological polar surface area (TPSA) is 64.4 Å². The molecule has 0 radical (unpaired) electrons. The number of nitro benzene ring substituents is 1. The first kappa shape index (κ1) is 16.8. The molecule has 1 N–H and O–H groups in total. The van der Waals surface area contributed by atoms with Crippen LogP contribution >= 0.6 is 23.2 Å². The van der Waals surface area contributed by atoms with E-state index in [4.69, 9.17) is 27.9 Å². The quantitative estimate of drug-likeness (QED) is 0.450. The maximum absolute atomic E-state index is 11.0. The number of hydrogen-bond donors (Lipinski definition) is 1. The van der Waals surface area contributed by atoms with Crippen molar-refractivity contribution in [1.29, 1.82) is 0 Å². The van der Waals surface area contributed by atoms with Crippen LogP contribution in [-0.2, 0) is 6.54 Å². The molecule has 0 aromatic heterocycles. The zero-order chi connectivity index (χ0) is 15.0. The monoisotopic (exact) mass is 318 g/mol. The molecule has 0 saturated heterocycles. The third kappa shape index (κ3) is 5.36. The highest BCUT2D eigenvalue weighted by Crippen LogP contribution is 2.28. The molecule has 0 saturated carbocycles. The Morgan fingerprint density at radius 1 is 1.55 bits per heavy atom. The summed E-state index contributed by atoms with van der Waals surface area (Å²) >= 11 is 11.1. The van der Waals surface area contributed by atoms with Crippen molar-refractivity contribution < 1.29 is 9.66 Å². The van der Waals surface area contributed by atoms with Crippen LogP contribution in [0, 0.1) is 10.1 Å². The van der Waals surface area contributed by atoms with Gasteiger partial charge in [-0.1, -0.05) is 36.2 Å². The largest absolute Gasteiger partial charge is 0.481 e. The molecule has 0 aliphatic rings. The first-order valence-electron chi connectivity index (χ1n) is 6.14. The number of ether oxygens (including phenoxy) is 1. The lowest BCUT2D eigenvalue weighted by atomic mass is 10.2. The lowest BCUT2D eigenvalue weighted by Crippen LogP contribution is -2.14. The van der Waals surface area contributed by atoms with Crippen molar-refractivity contribution in [3.05, 3.63) is 44.4 Å². The number of hydrogen-bond acceptors (Lipinski definition) is 4. The summed E-state index contributed by atoms with van der Waals surface area (Å²) in [5.74, 6) is 0.172. The van der Waals surface area contributed by atoms with E-state index in [0.717, 1.165) is 24.1 Å². The summed E-state index contributed by atoms with van der Waals surface area (Å²) < 4.78 is 5.29. The molecule has 0 atom stereocenters. The predicted molar refractivity (Wildman–Crippen MR) is 80.4 cm³/mol. The Hall–Kier alpha value is -1.30. The highest BCUT2D eigenvalue weighted by Gasteiger charge is 2.16. The van der Waals surface area contributed by atoms with E-state index >= 15 is 0 Å². The van der Waals surface area contributed by atoms with Crippen LogP contribution in [0.25, 0.3) is 0 Å². The third-order valence-corrected chi connectivity index (χ3v) is 3.05. The third-order valence-electron chi connectivity index (χ3n) is 2.46. The van der Waals surface area contributed by atoms with Gasteiger partial charge in [0.25, 0.3) is 0 Å². The number of nitrogens with one attached hydrogen (secondary N) is 1. The summed E-state index contributed by atoms with van der Waals surface area (Å²) in [4.78, 5) is 10.6. The molecule has 0 aliphatic heterocycles. The second-order valence-corrected chi connectivity index (χ2v) is 4.78.